The van der Waals surface area contributed by atoms with E-state index in [0.29, 0.717) is 23.3 Å². The maximum absolute atomic E-state index is 6.39. The molecule has 0 aliphatic heterocycles. The van der Waals surface area contributed by atoms with Gasteiger partial charge in [0.25, 0.3) is 5.89 Å². The molecule has 2 N–H and O–H groups in total. The molecular formula is C19H13N5OS2. The summed E-state index contributed by atoms with van der Waals surface area (Å²) < 4.78 is 5.87. The average Bonchev–Trinajstić information content (AvgIpc) is 3.42. The first kappa shape index (κ1) is 16.1. The summed E-state index contributed by atoms with van der Waals surface area (Å²) in [7, 11) is 0. The van der Waals surface area contributed by atoms with E-state index in [4.69, 9.17) is 15.1 Å². The molecule has 0 bridgehead atoms. The van der Waals surface area contributed by atoms with Gasteiger partial charge in [0, 0.05) is 5.56 Å². The van der Waals surface area contributed by atoms with Gasteiger partial charge in [0.15, 0.2) is 5.82 Å². The van der Waals surface area contributed by atoms with Crippen molar-refractivity contribution in [2.75, 3.05) is 5.73 Å². The number of aromatic nitrogens is 4. The van der Waals surface area contributed by atoms with Gasteiger partial charge < -0.3 is 10.2 Å². The molecule has 0 amide bonds. The largest absolute Gasteiger partial charge is 0.415 e. The van der Waals surface area contributed by atoms with Gasteiger partial charge in [-0.2, -0.15) is 0 Å². The number of nitrogen functional groups attached to an aromatic ring is 1. The lowest BCUT2D eigenvalue weighted by Gasteiger charge is -2.01. The Morgan fingerprint density at radius 2 is 1.78 bits per heavy atom. The van der Waals surface area contributed by atoms with E-state index in [1.54, 1.807) is 11.3 Å². The van der Waals surface area contributed by atoms with Gasteiger partial charge in [-0.05, 0) is 30.5 Å². The quantitative estimate of drug-likeness (QED) is 0.464. The number of rotatable bonds is 3. The number of anilines is 1. The second kappa shape index (κ2) is 6.26. The van der Waals surface area contributed by atoms with Crippen LogP contribution in [0, 0.1) is 6.92 Å². The first-order valence-electron chi connectivity index (χ1n) is 8.20. The van der Waals surface area contributed by atoms with Crippen LogP contribution in [-0.2, 0) is 0 Å². The molecule has 0 saturated carbocycles. The Balaban J connectivity index is 1.63. The Morgan fingerprint density at radius 3 is 2.56 bits per heavy atom. The molecule has 0 aliphatic rings. The molecule has 27 heavy (non-hydrogen) atoms. The predicted octanol–water partition coefficient (Wildman–Crippen LogP) is 5.03. The number of aryl methyl sites for hydroxylation is 1. The molecule has 6 nitrogen and oxygen atoms in total. The van der Waals surface area contributed by atoms with E-state index in [9.17, 15) is 0 Å². The van der Waals surface area contributed by atoms with Crippen LogP contribution in [0.25, 0.3) is 43.1 Å². The molecule has 0 fully saturated rings. The van der Waals surface area contributed by atoms with Crippen LogP contribution >= 0.6 is 22.7 Å². The van der Waals surface area contributed by atoms with Crippen molar-refractivity contribution in [1.82, 2.24) is 20.2 Å². The zero-order chi connectivity index (χ0) is 18.4. The maximum atomic E-state index is 6.39. The van der Waals surface area contributed by atoms with E-state index in [1.807, 2.05) is 54.8 Å². The highest BCUT2D eigenvalue weighted by atomic mass is 32.1. The monoisotopic (exact) mass is 391 g/mol. The molecule has 0 spiro atoms. The van der Waals surface area contributed by atoms with Crippen molar-refractivity contribution in [3.8, 4) is 32.9 Å². The zero-order valence-electron chi connectivity index (χ0n) is 14.2. The van der Waals surface area contributed by atoms with E-state index in [0.717, 1.165) is 31.2 Å². The summed E-state index contributed by atoms with van der Waals surface area (Å²) in [5.41, 5.74) is 8.68. The smallest absolute Gasteiger partial charge is 0.260 e. The molecule has 4 aromatic heterocycles. The first-order chi connectivity index (χ1) is 13.2. The predicted molar refractivity (Wildman–Crippen MR) is 109 cm³/mol. The van der Waals surface area contributed by atoms with Crippen LogP contribution in [0.2, 0.25) is 0 Å². The third kappa shape index (κ3) is 2.70. The molecule has 5 aromatic rings. The zero-order valence-corrected chi connectivity index (χ0v) is 15.8. The van der Waals surface area contributed by atoms with Crippen LogP contribution in [0.15, 0.2) is 52.3 Å². The fraction of sp³-hybridized carbons (Fsp3) is 0.0526. The number of hydrogen-bond donors (Lipinski definition) is 1. The Kier molecular flexibility index (Phi) is 3.73. The Hall–Kier alpha value is -3.10. The number of nitrogens with zero attached hydrogens (tertiary/aromatic N) is 4. The van der Waals surface area contributed by atoms with Gasteiger partial charge >= 0.3 is 0 Å². The Labute approximate surface area is 162 Å². The fourth-order valence-electron chi connectivity index (χ4n) is 2.88. The highest BCUT2D eigenvalue weighted by Gasteiger charge is 2.21. The molecule has 0 radical (unpaired) electrons. The number of fused-ring (bicyclic) bond motifs is 1. The lowest BCUT2D eigenvalue weighted by atomic mass is 10.2. The van der Waals surface area contributed by atoms with Crippen molar-refractivity contribution >= 4 is 38.6 Å². The van der Waals surface area contributed by atoms with E-state index >= 15 is 0 Å². The van der Waals surface area contributed by atoms with Crippen molar-refractivity contribution < 1.29 is 4.42 Å². The summed E-state index contributed by atoms with van der Waals surface area (Å²) in [5.74, 6) is 1.56. The molecule has 0 saturated heterocycles. The first-order valence-corrected chi connectivity index (χ1v) is 9.90. The normalized spacial score (nSPS) is 11.3. The second-order valence-electron chi connectivity index (χ2n) is 5.91. The van der Waals surface area contributed by atoms with E-state index in [2.05, 4.69) is 15.2 Å². The molecule has 1 aromatic carbocycles. The molecule has 0 unspecified atom stereocenters. The summed E-state index contributed by atoms with van der Waals surface area (Å²) >= 11 is 3.05. The van der Waals surface area contributed by atoms with Gasteiger partial charge in [0.05, 0.1) is 21.6 Å². The summed E-state index contributed by atoms with van der Waals surface area (Å²) in [5, 5.41) is 11.2. The lowest BCUT2D eigenvalue weighted by molar-refractivity contribution is 0.586. The molecule has 8 heteroatoms. The molecule has 5 rings (SSSR count). The maximum Gasteiger partial charge on any atom is 0.260 e. The van der Waals surface area contributed by atoms with Crippen LogP contribution < -0.4 is 5.73 Å². The molecule has 132 valence electrons. The number of thiophene rings is 2. The van der Waals surface area contributed by atoms with E-state index in [-0.39, 0.29) is 0 Å². The van der Waals surface area contributed by atoms with Crippen LogP contribution in [0.4, 0.5) is 5.69 Å². The Morgan fingerprint density at radius 1 is 0.963 bits per heavy atom. The molecular weight excluding hydrogens is 378 g/mol. The fourth-order valence-corrected chi connectivity index (χ4v) is 4.61. The summed E-state index contributed by atoms with van der Waals surface area (Å²) in [6.45, 7) is 1.94. The lowest BCUT2D eigenvalue weighted by Crippen LogP contribution is -1.93. The highest BCUT2D eigenvalue weighted by Crippen LogP contribution is 2.41. The van der Waals surface area contributed by atoms with Crippen LogP contribution in [0.1, 0.15) is 5.69 Å². The minimum atomic E-state index is 0.395. The van der Waals surface area contributed by atoms with Gasteiger partial charge in [-0.25, -0.2) is 9.97 Å². The number of benzene rings is 1. The highest BCUT2D eigenvalue weighted by molar-refractivity contribution is 7.22. The minimum absolute atomic E-state index is 0.395. The molecule has 4 heterocycles. The molecule has 0 aliphatic carbocycles. The molecule has 0 atom stereocenters. The van der Waals surface area contributed by atoms with Crippen molar-refractivity contribution in [2.24, 2.45) is 0 Å². The van der Waals surface area contributed by atoms with Crippen molar-refractivity contribution in [2.45, 2.75) is 6.92 Å². The number of hydrogen-bond acceptors (Lipinski definition) is 8. The standard InChI is InChI=1S/C19H13N5OS2/c1-10-13-14(20)15(18-24-23-17(25-18)11-6-3-2-4-7-11)27-19(13)22-16(21-10)12-8-5-9-26-12/h2-9H,20H2,1H3. The van der Waals surface area contributed by atoms with Crippen molar-refractivity contribution in [1.29, 1.82) is 0 Å². The van der Waals surface area contributed by atoms with Gasteiger partial charge in [-0.15, -0.1) is 32.9 Å². The van der Waals surface area contributed by atoms with Crippen molar-refractivity contribution in [3.05, 3.63) is 53.5 Å². The minimum Gasteiger partial charge on any atom is -0.415 e. The summed E-state index contributed by atoms with van der Waals surface area (Å²) in [6, 6.07) is 13.6. The van der Waals surface area contributed by atoms with Crippen molar-refractivity contribution in [3.63, 3.8) is 0 Å². The number of nitrogens with two attached hydrogens (primary N) is 1. The second-order valence-corrected chi connectivity index (χ2v) is 7.86. The third-order valence-electron chi connectivity index (χ3n) is 4.15. The van der Waals surface area contributed by atoms with E-state index in [1.165, 1.54) is 11.3 Å². The Bertz CT molecular complexity index is 1240. The van der Waals surface area contributed by atoms with Crippen LogP contribution in [-0.4, -0.2) is 20.2 Å². The summed E-state index contributed by atoms with van der Waals surface area (Å²) in [4.78, 5) is 11.9. The third-order valence-corrected chi connectivity index (χ3v) is 6.10. The van der Waals surface area contributed by atoms with Crippen LogP contribution in [0.3, 0.4) is 0 Å². The van der Waals surface area contributed by atoms with Gasteiger partial charge in [0.1, 0.15) is 9.71 Å². The van der Waals surface area contributed by atoms with Gasteiger partial charge in [0.2, 0.25) is 5.89 Å². The van der Waals surface area contributed by atoms with Gasteiger partial charge in [-0.3, -0.25) is 0 Å². The van der Waals surface area contributed by atoms with E-state index < -0.39 is 0 Å². The summed E-state index contributed by atoms with van der Waals surface area (Å²) in [6.07, 6.45) is 0. The van der Waals surface area contributed by atoms with Gasteiger partial charge in [-0.1, -0.05) is 24.3 Å². The van der Waals surface area contributed by atoms with Crippen LogP contribution in [0.5, 0.6) is 0 Å². The average molecular weight is 391 g/mol. The topological polar surface area (TPSA) is 90.7 Å². The SMILES string of the molecule is Cc1nc(-c2cccs2)nc2sc(-c3nnc(-c4ccccc4)o3)c(N)c12.